The van der Waals surface area contributed by atoms with Crippen LogP contribution in [0.3, 0.4) is 0 Å². The highest BCUT2D eigenvalue weighted by Gasteiger charge is 2.63. The molecule has 0 spiro atoms. The van der Waals surface area contributed by atoms with Crippen molar-refractivity contribution < 1.29 is 9.53 Å². The van der Waals surface area contributed by atoms with Gasteiger partial charge in [-0.25, -0.2) is 0 Å². The number of thiophene rings is 1. The molecule has 0 aromatic carbocycles. The van der Waals surface area contributed by atoms with Crippen LogP contribution in [0, 0.1) is 5.41 Å². The first kappa shape index (κ1) is 16.7. The summed E-state index contributed by atoms with van der Waals surface area (Å²) in [5.41, 5.74) is 5.19. The lowest BCUT2D eigenvalue weighted by molar-refractivity contribution is -0.178. The largest absolute Gasteiger partial charge is 0.378 e. The van der Waals surface area contributed by atoms with E-state index in [0.717, 1.165) is 9.21 Å². The Morgan fingerprint density at radius 3 is 2.71 bits per heavy atom. The van der Waals surface area contributed by atoms with Gasteiger partial charge in [0.15, 0.2) is 0 Å². The minimum absolute atomic E-state index is 0.0343. The molecule has 6 heteroatoms. The zero-order valence-corrected chi connectivity index (χ0v) is 14.6. The van der Waals surface area contributed by atoms with Crippen molar-refractivity contribution in [3.05, 3.63) is 21.3 Å². The molecule has 1 aliphatic carbocycles. The maximum absolute atomic E-state index is 12.7. The van der Waals surface area contributed by atoms with Gasteiger partial charge in [-0.15, -0.1) is 11.3 Å². The first-order chi connectivity index (χ1) is 9.72. The van der Waals surface area contributed by atoms with E-state index >= 15 is 0 Å². The van der Waals surface area contributed by atoms with Crippen molar-refractivity contribution >= 4 is 28.8 Å². The third-order valence-electron chi connectivity index (χ3n) is 4.58. The number of nitrogens with zero attached hydrogens (tertiary/aromatic N) is 1. The average Bonchev–Trinajstić information content (AvgIpc) is 2.82. The standard InChI is InChI=1S/C15H23ClN2O2S/c1-5-20-11-8-15(17,14(11,2)3)13(19)18(4)9-10-6-7-12(16)21-10/h6-7,11H,5,8-9,17H2,1-4H3. The third kappa shape index (κ3) is 2.84. The van der Waals surface area contributed by atoms with Crippen LogP contribution in [0.15, 0.2) is 12.1 Å². The smallest absolute Gasteiger partial charge is 0.243 e. The molecule has 0 bridgehead atoms. The predicted molar refractivity (Wildman–Crippen MR) is 86.5 cm³/mol. The number of likely N-dealkylation sites (N-methyl/N-ethyl adjacent to an activating group) is 1. The van der Waals surface area contributed by atoms with E-state index in [9.17, 15) is 4.79 Å². The number of hydrogen-bond donors (Lipinski definition) is 1. The van der Waals surface area contributed by atoms with Gasteiger partial charge in [0.1, 0.15) is 5.54 Å². The van der Waals surface area contributed by atoms with Gasteiger partial charge in [-0.3, -0.25) is 4.79 Å². The van der Waals surface area contributed by atoms with Gasteiger partial charge in [-0.2, -0.15) is 0 Å². The van der Waals surface area contributed by atoms with E-state index in [4.69, 9.17) is 22.1 Å². The summed E-state index contributed by atoms with van der Waals surface area (Å²) in [6, 6.07) is 3.78. The van der Waals surface area contributed by atoms with Crippen molar-refractivity contribution in [1.82, 2.24) is 4.90 Å². The quantitative estimate of drug-likeness (QED) is 0.903. The molecule has 0 radical (unpaired) electrons. The summed E-state index contributed by atoms with van der Waals surface area (Å²) in [7, 11) is 1.79. The van der Waals surface area contributed by atoms with Crippen molar-refractivity contribution in [3.8, 4) is 0 Å². The summed E-state index contributed by atoms with van der Waals surface area (Å²) < 4.78 is 6.40. The Kier molecular flexibility index (Phi) is 4.69. The minimum Gasteiger partial charge on any atom is -0.378 e. The maximum Gasteiger partial charge on any atom is 0.243 e. The molecule has 1 aromatic heterocycles. The van der Waals surface area contributed by atoms with Gasteiger partial charge in [-0.05, 0) is 19.1 Å². The Morgan fingerprint density at radius 1 is 1.57 bits per heavy atom. The Bertz CT molecular complexity index is 531. The Balaban J connectivity index is 2.05. The van der Waals surface area contributed by atoms with E-state index in [1.807, 2.05) is 32.9 Å². The summed E-state index contributed by atoms with van der Waals surface area (Å²) in [5.74, 6) is -0.0343. The van der Waals surface area contributed by atoms with Crippen LogP contribution in [-0.2, 0) is 16.1 Å². The summed E-state index contributed by atoms with van der Waals surface area (Å²) in [6.07, 6.45) is 0.614. The number of carbonyl (C=O) groups is 1. The minimum atomic E-state index is -0.858. The molecule has 1 aromatic rings. The van der Waals surface area contributed by atoms with Crippen molar-refractivity contribution in [2.75, 3.05) is 13.7 Å². The number of rotatable bonds is 5. The third-order valence-corrected chi connectivity index (χ3v) is 5.80. The summed E-state index contributed by atoms with van der Waals surface area (Å²) in [4.78, 5) is 15.5. The Labute approximate surface area is 135 Å². The number of hydrogen-bond acceptors (Lipinski definition) is 4. The molecule has 2 N–H and O–H groups in total. The average molecular weight is 331 g/mol. The van der Waals surface area contributed by atoms with Crippen LogP contribution in [0.25, 0.3) is 0 Å². The van der Waals surface area contributed by atoms with E-state index in [1.54, 1.807) is 11.9 Å². The van der Waals surface area contributed by atoms with Crippen LogP contribution in [0.4, 0.5) is 0 Å². The van der Waals surface area contributed by atoms with Crippen molar-refractivity contribution in [3.63, 3.8) is 0 Å². The SMILES string of the molecule is CCOC1CC(N)(C(=O)N(C)Cc2ccc(Cl)s2)C1(C)C. The van der Waals surface area contributed by atoms with Crippen LogP contribution >= 0.6 is 22.9 Å². The van der Waals surface area contributed by atoms with Crippen molar-refractivity contribution in [2.24, 2.45) is 11.1 Å². The first-order valence-corrected chi connectivity index (χ1v) is 8.32. The normalized spacial score (nSPS) is 27.2. The molecule has 0 saturated heterocycles. The second-order valence-corrected chi connectivity index (χ2v) is 8.01. The van der Waals surface area contributed by atoms with E-state index in [2.05, 4.69) is 0 Å². The molecule has 118 valence electrons. The molecule has 1 heterocycles. The Hall–Kier alpha value is -0.620. The summed E-state index contributed by atoms with van der Waals surface area (Å²) >= 11 is 7.41. The molecule has 4 nitrogen and oxygen atoms in total. The van der Waals surface area contributed by atoms with E-state index < -0.39 is 5.54 Å². The second-order valence-electron chi connectivity index (χ2n) is 6.21. The summed E-state index contributed by atoms with van der Waals surface area (Å²) in [6.45, 7) is 7.14. The molecule has 21 heavy (non-hydrogen) atoms. The molecular formula is C15H23ClN2O2S. The van der Waals surface area contributed by atoms with Crippen LogP contribution in [0.5, 0.6) is 0 Å². The lowest BCUT2D eigenvalue weighted by Gasteiger charge is -2.58. The highest BCUT2D eigenvalue weighted by molar-refractivity contribution is 7.16. The fraction of sp³-hybridized carbons (Fsp3) is 0.667. The molecule has 2 rings (SSSR count). The van der Waals surface area contributed by atoms with Crippen LogP contribution in [-0.4, -0.2) is 36.1 Å². The predicted octanol–water partition coefficient (Wildman–Crippen LogP) is 2.89. The topological polar surface area (TPSA) is 55.6 Å². The van der Waals surface area contributed by atoms with Crippen molar-refractivity contribution in [2.45, 2.75) is 45.4 Å². The van der Waals surface area contributed by atoms with Gasteiger partial charge in [-0.1, -0.05) is 25.4 Å². The lowest BCUT2D eigenvalue weighted by Crippen LogP contribution is -2.75. The van der Waals surface area contributed by atoms with E-state index in [0.29, 0.717) is 19.6 Å². The second kappa shape index (κ2) is 5.88. The zero-order valence-electron chi connectivity index (χ0n) is 13.0. The van der Waals surface area contributed by atoms with Crippen LogP contribution in [0.1, 0.15) is 32.1 Å². The van der Waals surface area contributed by atoms with Gasteiger partial charge in [0.05, 0.1) is 17.0 Å². The van der Waals surface area contributed by atoms with Gasteiger partial charge < -0.3 is 15.4 Å². The van der Waals surface area contributed by atoms with Crippen LogP contribution in [0.2, 0.25) is 4.34 Å². The molecule has 1 aliphatic rings. The van der Waals surface area contributed by atoms with Crippen molar-refractivity contribution in [1.29, 1.82) is 0 Å². The monoisotopic (exact) mass is 330 g/mol. The molecule has 0 aliphatic heterocycles. The lowest BCUT2D eigenvalue weighted by atomic mass is 9.54. The van der Waals surface area contributed by atoms with E-state index in [1.165, 1.54) is 11.3 Å². The highest BCUT2D eigenvalue weighted by Crippen LogP contribution is 2.50. The fourth-order valence-corrected chi connectivity index (χ4v) is 4.02. The van der Waals surface area contributed by atoms with Gasteiger partial charge in [0.2, 0.25) is 5.91 Å². The summed E-state index contributed by atoms with van der Waals surface area (Å²) in [5, 5.41) is 0. The number of halogens is 1. The number of ether oxygens (including phenoxy) is 1. The van der Waals surface area contributed by atoms with E-state index in [-0.39, 0.29) is 17.4 Å². The molecule has 1 fully saturated rings. The fourth-order valence-electron chi connectivity index (χ4n) is 2.88. The number of carbonyl (C=O) groups excluding carboxylic acids is 1. The number of amides is 1. The maximum atomic E-state index is 12.7. The van der Waals surface area contributed by atoms with Gasteiger partial charge in [0.25, 0.3) is 0 Å². The molecule has 1 saturated carbocycles. The molecule has 2 atom stereocenters. The van der Waals surface area contributed by atoms with Gasteiger partial charge >= 0.3 is 0 Å². The molecule has 1 amide bonds. The number of nitrogens with two attached hydrogens (primary N) is 1. The first-order valence-electron chi connectivity index (χ1n) is 7.12. The molecule has 2 unspecified atom stereocenters. The van der Waals surface area contributed by atoms with Gasteiger partial charge in [0, 0.05) is 30.4 Å². The zero-order chi connectivity index (χ0) is 15.8. The van der Waals surface area contributed by atoms with Crippen LogP contribution < -0.4 is 5.73 Å². The highest BCUT2D eigenvalue weighted by atomic mass is 35.5. The molecular weight excluding hydrogens is 308 g/mol. The Morgan fingerprint density at radius 2 is 2.24 bits per heavy atom.